The van der Waals surface area contributed by atoms with Crippen molar-refractivity contribution in [3.05, 3.63) is 76.4 Å². The summed E-state index contributed by atoms with van der Waals surface area (Å²) in [5, 5.41) is 11.9. The third-order valence-corrected chi connectivity index (χ3v) is 8.01. The Morgan fingerprint density at radius 2 is 1.73 bits per heavy atom. The number of Topliss-reactive ketones (excluding diaryl/α,β-unsaturated/α-hetero) is 1. The molecule has 40 heavy (non-hydrogen) atoms. The number of hydrogen-bond donors (Lipinski definition) is 1. The summed E-state index contributed by atoms with van der Waals surface area (Å²) in [6, 6.07) is 13.1. The number of anilines is 1. The number of aliphatic hydroxyl groups is 1. The second kappa shape index (κ2) is 9.87. The predicted molar refractivity (Wildman–Crippen MR) is 151 cm³/mol. The van der Waals surface area contributed by atoms with E-state index in [1.807, 2.05) is 26.0 Å². The van der Waals surface area contributed by atoms with Gasteiger partial charge in [0.1, 0.15) is 19.0 Å². The van der Waals surface area contributed by atoms with E-state index in [-0.39, 0.29) is 11.3 Å². The van der Waals surface area contributed by atoms with Gasteiger partial charge in [0.2, 0.25) is 0 Å². The molecule has 6 rings (SSSR count). The van der Waals surface area contributed by atoms with Crippen LogP contribution in [0.2, 0.25) is 0 Å². The van der Waals surface area contributed by atoms with Crippen LogP contribution >= 0.6 is 11.3 Å². The molecule has 3 heterocycles. The minimum atomic E-state index is -0.977. The summed E-state index contributed by atoms with van der Waals surface area (Å²) < 4.78 is 23.1. The molecule has 1 unspecified atom stereocenters. The number of fused-ring (bicyclic) bond motifs is 2. The second-order valence-electron chi connectivity index (χ2n) is 9.57. The smallest absolute Gasteiger partial charge is 0.301 e. The number of aromatic nitrogens is 1. The molecule has 1 N–H and O–H groups in total. The minimum Gasteiger partial charge on any atom is -0.507 e. The van der Waals surface area contributed by atoms with E-state index >= 15 is 0 Å². The highest BCUT2D eigenvalue weighted by Crippen LogP contribution is 2.46. The summed E-state index contributed by atoms with van der Waals surface area (Å²) >= 11 is 1.32. The molecule has 1 amide bonds. The summed E-state index contributed by atoms with van der Waals surface area (Å²) in [6.07, 6.45) is 0. The maximum absolute atomic E-state index is 13.7. The highest BCUT2D eigenvalue weighted by molar-refractivity contribution is 7.22. The Morgan fingerprint density at radius 1 is 0.975 bits per heavy atom. The molecule has 0 spiro atoms. The van der Waals surface area contributed by atoms with Gasteiger partial charge in [-0.05, 0) is 66.9 Å². The summed E-state index contributed by atoms with van der Waals surface area (Å²) in [7, 11) is 3.03. The molecule has 4 aromatic rings. The van der Waals surface area contributed by atoms with Crippen LogP contribution in [0.4, 0.5) is 5.13 Å². The number of thiazole rings is 1. The van der Waals surface area contributed by atoms with Gasteiger partial charge in [0.15, 0.2) is 28.1 Å². The average Bonchev–Trinajstić information content (AvgIpc) is 3.50. The third-order valence-electron chi connectivity index (χ3n) is 7.01. The Kier molecular flexibility index (Phi) is 6.34. The van der Waals surface area contributed by atoms with E-state index in [0.29, 0.717) is 52.5 Å². The van der Waals surface area contributed by atoms with E-state index in [2.05, 4.69) is 0 Å². The van der Waals surface area contributed by atoms with Crippen LogP contribution in [0, 0.1) is 13.8 Å². The molecule has 10 heteroatoms. The number of carbonyl (C=O) groups excluding carboxylic acids is 2. The summed E-state index contributed by atoms with van der Waals surface area (Å²) in [5.74, 6) is -0.0387. The van der Waals surface area contributed by atoms with Gasteiger partial charge >= 0.3 is 5.91 Å². The Balaban J connectivity index is 1.57. The van der Waals surface area contributed by atoms with Crippen LogP contribution in [0.15, 0.2) is 54.1 Å². The fraction of sp³-hybridized carbons (Fsp3) is 0.233. The summed E-state index contributed by atoms with van der Waals surface area (Å²) in [4.78, 5) is 33.4. The first-order chi connectivity index (χ1) is 19.3. The third kappa shape index (κ3) is 4.12. The maximum atomic E-state index is 13.7. The van der Waals surface area contributed by atoms with Crippen LogP contribution in [-0.2, 0) is 9.59 Å². The van der Waals surface area contributed by atoms with Gasteiger partial charge in [-0.3, -0.25) is 14.5 Å². The van der Waals surface area contributed by atoms with Crippen molar-refractivity contribution in [3.63, 3.8) is 0 Å². The Bertz CT molecular complexity index is 1720. The number of hydrogen-bond acceptors (Lipinski definition) is 9. The molecule has 1 atom stereocenters. The van der Waals surface area contributed by atoms with Crippen LogP contribution in [0.1, 0.15) is 28.3 Å². The zero-order chi connectivity index (χ0) is 28.1. The number of nitrogens with zero attached hydrogens (tertiary/aromatic N) is 2. The molecule has 9 nitrogen and oxygen atoms in total. The molecule has 204 valence electrons. The van der Waals surface area contributed by atoms with Crippen LogP contribution in [-0.4, -0.2) is 49.2 Å². The quantitative estimate of drug-likeness (QED) is 0.199. The number of aliphatic hydroxyl groups excluding tert-OH is 1. The van der Waals surface area contributed by atoms with Gasteiger partial charge in [0, 0.05) is 5.56 Å². The van der Waals surface area contributed by atoms with Gasteiger partial charge in [-0.25, -0.2) is 4.98 Å². The van der Waals surface area contributed by atoms with Crippen LogP contribution in [0.5, 0.6) is 23.0 Å². The molecular formula is C30H26N2O7S. The van der Waals surface area contributed by atoms with Gasteiger partial charge in [-0.2, -0.15) is 0 Å². The van der Waals surface area contributed by atoms with Gasteiger partial charge in [0.25, 0.3) is 5.78 Å². The fourth-order valence-corrected chi connectivity index (χ4v) is 6.34. The van der Waals surface area contributed by atoms with Gasteiger partial charge in [-0.15, -0.1) is 0 Å². The SMILES string of the molecule is COc1ccc(C2/C(=C(/O)c3ccc4c(c3)OCCO4)C(=O)C(=O)N2c2nc3c(C)cc(C)cc3s2)cc1OC. The van der Waals surface area contributed by atoms with Crippen molar-refractivity contribution in [2.45, 2.75) is 19.9 Å². The minimum absolute atomic E-state index is 0.0685. The van der Waals surface area contributed by atoms with Gasteiger partial charge < -0.3 is 24.1 Å². The topological polar surface area (TPSA) is 107 Å². The molecule has 0 bridgehead atoms. The van der Waals surface area contributed by atoms with Crippen molar-refractivity contribution >= 4 is 44.1 Å². The van der Waals surface area contributed by atoms with Crippen molar-refractivity contribution in [1.82, 2.24) is 4.98 Å². The van der Waals surface area contributed by atoms with Crippen LogP contribution in [0.3, 0.4) is 0 Å². The normalized spacial score (nSPS) is 17.9. The van der Waals surface area contributed by atoms with Crippen LogP contribution < -0.4 is 23.8 Å². The Morgan fingerprint density at radius 3 is 2.48 bits per heavy atom. The van der Waals surface area contributed by atoms with E-state index in [9.17, 15) is 14.7 Å². The molecule has 1 aromatic heterocycles. The Hall–Kier alpha value is -4.57. The lowest BCUT2D eigenvalue weighted by molar-refractivity contribution is -0.132. The molecule has 1 saturated heterocycles. The number of ketones is 1. The van der Waals surface area contributed by atoms with E-state index in [0.717, 1.165) is 21.3 Å². The van der Waals surface area contributed by atoms with E-state index in [1.165, 1.54) is 30.5 Å². The lowest BCUT2D eigenvalue weighted by atomic mass is 9.95. The van der Waals surface area contributed by atoms with E-state index in [1.54, 1.807) is 36.4 Å². The predicted octanol–water partition coefficient (Wildman–Crippen LogP) is 5.33. The largest absolute Gasteiger partial charge is 0.507 e. The molecule has 2 aliphatic rings. The van der Waals surface area contributed by atoms with E-state index in [4.69, 9.17) is 23.9 Å². The summed E-state index contributed by atoms with van der Waals surface area (Å²) in [5.41, 5.74) is 3.59. The molecular weight excluding hydrogens is 532 g/mol. The summed E-state index contributed by atoms with van der Waals surface area (Å²) in [6.45, 7) is 4.74. The zero-order valence-corrected chi connectivity index (χ0v) is 23.1. The molecule has 0 aliphatic carbocycles. The lowest BCUT2D eigenvalue weighted by Crippen LogP contribution is -2.29. The van der Waals surface area contributed by atoms with Crippen molar-refractivity contribution in [1.29, 1.82) is 0 Å². The van der Waals surface area contributed by atoms with E-state index < -0.39 is 17.7 Å². The molecule has 3 aromatic carbocycles. The zero-order valence-electron chi connectivity index (χ0n) is 22.3. The number of carbonyl (C=O) groups is 2. The van der Waals surface area contributed by atoms with Crippen LogP contribution in [0.25, 0.3) is 16.0 Å². The molecule has 0 saturated carbocycles. The fourth-order valence-electron chi connectivity index (χ4n) is 5.18. The number of aryl methyl sites for hydroxylation is 2. The highest BCUT2D eigenvalue weighted by Gasteiger charge is 2.48. The second-order valence-corrected chi connectivity index (χ2v) is 10.6. The maximum Gasteiger partial charge on any atom is 0.301 e. The number of rotatable bonds is 5. The number of ether oxygens (including phenoxy) is 4. The van der Waals surface area contributed by atoms with Gasteiger partial charge in [0.05, 0.1) is 36.1 Å². The number of methoxy groups -OCH3 is 2. The average molecular weight is 559 g/mol. The van der Waals surface area contributed by atoms with Crippen molar-refractivity contribution in [2.75, 3.05) is 32.3 Å². The standard InChI is InChI=1S/C30H26N2O7S/c1-15-11-16(2)25-23(12-15)40-30(31-25)32-26(17-5-7-19(36-3)21(13-17)37-4)24(28(34)29(32)35)27(33)18-6-8-20-22(14-18)39-10-9-38-20/h5-8,11-14,26,33H,9-10H2,1-4H3/b27-24-. The first-order valence-corrected chi connectivity index (χ1v) is 13.4. The first-order valence-electron chi connectivity index (χ1n) is 12.6. The monoisotopic (exact) mass is 558 g/mol. The van der Waals surface area contributed by atoms with Gasteiger partial charge in [-0.1, -0.05) is 23.5 Å². The van der Waals surface area contributed by atoms with Crippen molar-refractivity contribution in [2.24, 2.45) is 0 Å². The first kappa shape index (κ1) is 25.7. The molecule has 2 aliphatic heterocycles. The Labute approximate surface area is 234 Å². The number of amides is 1. The molecule has 1 fully saturated rings. The number of benzene rings is 3. The lowest BCUT2D eigenvalue weighted by Gasteiger charge is -2.24. The van der Waals surface area contributed by atoms with Crippen molar-refractivity contribution in [3.8, 4) is 23.0 Å². The highest BCUT2D eigenvalue weighted by atomic mass is 32.1. The van der Waals surface area contributed by atoms with Crippen molar-refractivity contribution < 1.29 is 33.6 Å². The molecule has 0 radical (unpaired) electrons.